The van der Waals surface area contributed by atoms with Gasteiger partial charge >= 0.3 is 7.12 Å². The second-order valence-electron chi connectivity index (χ2n) is 4.94. The minimum absolute atomic E-state index is 0.292. The minimum atomic E-state index is -1.60. The van der Waals surface area contributed by atoms with Crippen molar-refractivity contribution in [3.05, 3.63) is 53.1 Å². The van der Waals surface area contributed by atoms with Crippen LogP contribution in [0.4, 0.5) is 0 Å². The quantitative estimate of drug-likeness (QED) is 0.819. The second kappa shape index (κ2) is 6.65. The molecule has 2 rings (SSSR count). The molecule has 0 saturated carbocycles. The number of hydrogen-bond donors (Lipinski definition) is 2. The molecule has 0 aliphatic rings. The number of ether oxygens (including phenoxy) is 2. The smallest absolute Gasteiger partial charge is 0.492 e. The van der Waals surface area contributed by atoms with Crippen LogP contribution in [0.15, 0.2) is 36.4 Å². The summed E-state index contributed by atoms with van der Waals surface area (Å²) in [6.07, 6.45) is 0. The molecule has 2 N–H and O–H groups in total. The van der Waals surface area contributed by atoms with E-state index < -0.39 is 7.12 Å². The second-order valence-corrected chi connectivity index (χ2v) is 4.94. The van der Waals surface area contributed by atoms with Crippen molar-refractivity contribution in [2.24, 2.45) is 0 Å². The average Bonchev–Trinajstić information content (AvgIpc) is 2.46. The third-order valence-corrected chi connectivity index (χ3v) is 3.51. The molecule has 0 radical (unpaired) electrons. The van der Waals surface area contributed by atoms with E-state index in [4.69, 9.17) is 9.47 Å². The summed E-state index contributed by atoms with van der Waals surface area (Å²) in [5.74, 6) is 0.992. The Hall–Kier alpha value is -1.98. The molecule has 0 aliphatic carbocycles. The van der Waals surface area contributed by atoms with Gasteiger partial charge in [-0.25, -0.2) is 0 Å². The number of rotatable bonds is 5. The highest BCUT2D eigenvalue weighted by Crippen LogP contribution is 2.19. The molecule has 5 heteroatoms. The average molecular weight is 286 g/mol. The zero-order chi connectivity index (χ0) is 15.4. The van der Waals surface area contributed by atoms with Crippen molar-refractivity contribution in [1.29, 1.82) is 0 Å². The predicted octanol–water partition coefficient (Wildman–Crippen LogP) is 1.57. The Balaban J connectivity index is 2.24. The molecule has 0 atom stereocenters. The van der Waals surface area contributed by atoms with Crippen LogP contribution in [0.1, 0.15) is 16.7 Å². The van der Waals surface area contributed by atoms with Gasteiger partial charge < -0.3 is 19.5 Å². The highest BCUT2D eigenvalue weighted by Gasteiger charge is 2.18. The molecule has 4 nitrogen and oxygen atoms in total. The van der Waals surface area contributed by atoms with E-state index >= 15 is 0 Å². The van der Waals surface area contributed by atoms with Crippen LogP contribution >= 0.6 is 0 Å². The maximum Gasteiger partial charge on any atom is 0.492 e. The van der Waals surface area contributed by atoms with Gasteiger partial charge in [0.25, 0.3) is 0 Å². The van der Waals surface area contributed by atoms with Gasteiger partial charge in [-0.05, 0) is 48.7 Å². The topological polar surface area (TPSA) is 58.9 Å². The first-order chi connectivity index (χ1) is 10.0. The number of aryl methyl sites for hydroxylation is 2. The van der Waals surface area contributed by atoms with Crippen molar-refractivity contribution in [2.45, 2.75) is 20.5 Å². The molecule has 2 aromatic rings. The normalized spacial score (nSPS) is 10.3. The van der Waals surface area contributed by atoms with E-state index in [1.165, 1.54) is 7.11 Å². The van der Waals surface area contributed by atoms with Crippen LogP contribution < -0.4 is 14.9 Å². The lowest BCUT2D eigenvalue weighted by atomic mass is 9.79. The maximum atomic E-state index is 9.45. The fourth-order valence-electron chi connectivity index (χ4n) is 2.21. The van der Waals surface area contributed by atoms with Crippen molar-refractivity contribution in [2.75, 3.05) is 7.11 Å². The van der Waals surface area contributed by atoms with Gasteiger partial charge in [0.2, 0.25) is 0 Å². The molecule has 110 valence electrons. The Morgan fingerprint density at radius 3 is 2.29 bits per heavy atom. The zero-order valence-electron chi connectivity index (χ0n) is 12.5. The van der Waals surface area contributed by atoms with Crippen molar-refractivity contribution in [3.63, 3.8) is 0 Å². The van der Waals surface area contributed by atoms with Crippen molar-refractivity contribution < 1.29 is 19.5 Å². The van der Waals surface area contributed by atoms with Crippen LogP contribution in [-0.2, 0) is 6.61 Å². The lowest BCUT2D eigenvalue weighted by molar-refractivity contribution is 0.304. The van der Waals surface area contributed by atoms with Gasteiger partial charge in [-0.3, -0.25) is 0 Å². The van der Waals surface area contributed by atoms with Crippen LogP contribution in [0.25, 0.3) is 0 Å². The molecule has 0 heterocycles. The Bertz CT molecular complexity index is 605. The standard InChI is InChI=1S/C16H19BO4/c1-11-5-4-6-12(2)14(11)10-21-16-8-7-13(20-3)9-15(16)17(18)19/h4-9,18-19H,10H2,1-3H3. The van der Waals surface area contributed by atoms with Gasteiger partial charge in [0.05, 0.1) is 7.11 Å². The Morgan fingerprint density at radius 2 is 1.71 bits per heavy atom. The first-order valence-corrected chi connectivity index (χ1v) is 6.75. The molecule has 0 spiro atoms. The van der Waals surface area contributed by atoms with E-state index in [-0.39, 0.29) is 0 Å². The third kappa shape index (κ3) is 3.57. The lowest BCUT2D eigenvalue weighted by Crippen LogP contribution is -2.31. The van der Waals surface area contributed by atoms with Crippen LogP contribution in [0.3, 0.4) is 0 Å². The van der Waals surface area contributed by atoms with Crippen molar-refractivity contribution in [1.82, 2.24) is 0 Å². The van der Waals surface area contributed by atoms with Crippen LogP contribution in [0.2, 0.25) is 0 Å². The fraction of sp³-hybridized carbons (Fsp3) is 0.250. The molecule has 0 unspecified atom stereocenters. The highest BCUT2D eigenvalue weighted by molar-refractivity contribution is 6.59. The number of benzene rings is 2. The molecule has 0 aromatic heterocycles. The molecule has 0 bridgehead atoms. The van der Waals surface area contributed by atoms with Crippen LogP contribution in [-0.4, -0.2) is 24.3 Å². The largest absolute Gasteiger partial charge is 0.497 e. The van der Waals surface area contributed by atoms with Gasteiger partial charge in [-0.15, -0.1) is 0 Å². The van der Waals surface area contributed by atoms with Crippen LogP contribution in [0, 0.1) is 13.8 Å². The molecule has 21 heavy (non-hydrogen) atoms. The summed E-state index contributed by atoms with van der Waals surface area (Å²) < 4.78 is 10.9. The van der Waals surface area contributed by atoms with Crippen molar-refractivity contribution >= 4 is 12.6 Å². The summed E-state index contributed by atoms with van der Waals surface area (Å²) >= 11 is 0. The predicted molar refractivity (Wildman–Crippen MR) is 83.1 cm³/mol. The van der Waals surface area contributed by atoms with Gasteiger partial charge in [0.1, 0.15) is 18.1 Å². The molecule has 2 aromatic carbocycles. The summed E-state index contributed by atoms with van der Waals surface area (Å²) in [6.45, 7) is 4.44. The fourth-order valence-corrected chi connectivity index (χ4v) is 2.21. The minimum Gasteiger partial charge on any atom is -0.497 e. The molecule has 0 fully saturated rings. The summed E-state index contributed by atoms with van der Waals surface area (Å²) in [5.41, 5.74) is 3.69. The first-order valence-electron chi connectivity index (χ1n) is 6.75. The molecular formula is C16H19BO4. The van der Waals surface area contributed by atoms with E-state index in [0.717, 1.165) is 16.7 Å². The van der Waals surface area contributed by atoms with Crippen LogP contribution in [0.5, 0.6) is 11.5 Å². The summed E-state index contributed by atoms with van der Waals surface area (Å²) in [7, 11) is -0.0758. The monoisotopic (exact) mass is 286 g/mol. The number of hydrogen-bond acceptors (Lipinski definition) is 4. The molecule has 0 amide bonds. The number of methoxy groups -OCH3 is 1. The van der Waals surface area contributed by atoms with E-state index in [1.54, 1.807) is 18.2 Å². The van der Waals surface area contributed by atoms with E-state index in [2.05, 4.69) is 0 Å². The van der Waals surface area contributed by atoms with Crippen molar-refractivity contribution in [3.8, 4) is 11.5 Å². The Kier molecular flexibility index (Phi) is 4.88. The Morgan fingerprint density at radius 1 is 1.05 bits per heavy atom. The van der Waals surface area contributed by atoms with Gasteiger partial charge in [-0.2, -0.15) is 0 Å². The zero-order valence-corrected chi connectivity index (χ0v) is 12.5. The lowest BCUT2D eigenvalue weighted by Gasteiger charge is -2.15. The summed E-state index contributed by atoms with van der Waals surface area (Å²) in [4.78, 5) is 0. The van der Waals surface area contributed by atoms with Gasteiger partial charge in [0, 0.05) is 5.46 Å². The Labute approximate surface area is 125 Å². The van der Waals surface area contributed by atoms with E-state index in [9.17, 15) is 10.0 Å². The summed E-state index contributed by atoms with van der Waals surface area (Å²) in [6, 6.07) is 11.0. The highest BCUT2D eigenvalue weighted by atomic mass is 16.5. The van der Waals surface area contributed by atoms with Gasteiger partial charge in [0.15, 0.2) is 0 Å². The molecular weight excluding hydrogens is 267 g/mol. The van der Waals surface area contributed by atoms with E-state index in [0.29, 0.717) is 23.6 Å². The summed E-state index contributed by atoms with van der Waals surface area (Å²) in [5, 5.41) is 18.9. The molecule has 0 aliphatic heterocycles. The van der Waals surface area contributed by atoms with Gasteiger partial charge in [-0.1, -0.05) is 18.2 Å². The van der Waals surface area contributed by atoms with E-state index in [1.807, 2.05) is 32.0 Å². The first kappa shape index (κ1) is 15.4. The third-order valence-electron chi connectivity index (χ3n) is 3.51. The maximum absolute atomic E-state index is 9.45. The SMILES string of the molecule is COc1ccc(OCc2c(C)cccc2C)c(B(O)O)c1. The molecule has 0 saturated heterocycles.